The smallest absolute Gasteiger partial charge is 0.305 e. The summed E-state index contributed by atoms with van der Waals surface area (Å²) in [6.07, 6.45) is 0.899. The molecule has 7 nitrogen and oxygen atoms in total. The third-order valence-electron chi connectivity index (χ3n) is 2.79. The van der Waals surface area contributed by atoms with Gasteiger partial charge in [0.05, 0.1) is 11.3 Å². The lowest BCUT2D eigenvalue weighted by atomic mass is 10.1. The molecule has 114 valence electrons. The highest BCUT2D eigenvalue weighted by Gasteiger charge is 2.23. The summed E-state index contributed by atoms with van der Waals surface area (Å²) >= 11 is 5.75. The average Bonchev–Trinajstić information content (AvgIpc) is 2.37. The molecular weight excluding hydrogens is 300 g/mol. The van der Waals surface area contributed by atoms with Crippen LogP contribution in [0.5, 0.6) is 0 Å². The van der Waals surface area contributed by atoms with E-state index in [9.17, 15) is 19.7 Å². The number of benzene rings is 1. The average molecular weight is 315 g/mol. The predicted molar refractivity (Wildman–Crippen MR) is 76.5 cm³/mol. The van der Waals surface area contributed by atoms with Crippen molar-refractivity contribution in [3.8, 4) is 0 Å². The van der Waals surface area contributed by atoms with E-state index < -0.39 is 22.8 Å². The number of carbonyl (C=O) groups excluding carboxylic acids is 1. The Morgan fingerprint density at radius 1 is 1.48 bits per heavy atom. The normalized spacial score (nSPS) is 11.7. The third-order valence-corrected chi connectivity index (χ3v) is 3.03. The van der Waals surface area contributed by atoms with Crippen molar-refractivity contribution in [1.29, 1.82) is 0 Å². The van der Waals surface area contributed by atoms with Gasteiger partial charge in [-0.25, -0.2) is 0 Å². The van der Waals surface area contributed by atoms with E-state index in [1.807, 2.05) is 6.92 Å². The molecule has 1 aromatic carbocycles. The molecule has 0 saturated heterocycles. The number of carboxylic acids is 1. The first kappa shape index (κ1) is 16.9. The molecule has 1 unspecified atom stereocenters. The lowest BCUT2D eigenvalue weighted by molar-refractivity contribution is -0.385. The van der Waals surface area contributed by atoms with Gasteiger partial charge in [0, 0.05) is 17.1 Å². The summed E-state index contributed by atoms with van der Waals surface area (Å²) < 4.78 is 0. The van der Waals surface area contributed by atoms with Gasteiger partial charge in [0.25, 0.3) is 11.6 Å². The summed E-state index contributed by atoms with van der Waals surface area (Å²) in [6, 6.07) is 3.07. The lowest BCUT2D eigenvalue weighted by Crippen LogP contribution is -2.36. The monoisotopic (exact) mass is 314 g/mol. The maximum atomic E-state index is 12.1. The highest BCUT2D eigenvalue weighted by Crippen LogP contribution is 2.23. The highest BCUT2D eigenvalue weighted by atomic mass is 35.5. The Morgan fingerprint density at radius 2 is 2.14 bits per heavy atom. The first-order valence-corrected chi connectivity index (χ1v) is 6.69. The van der Waals surface area contributed by atoms with Crippen molar-refractivity contribution in [2.45, 2.75) is 32.2 Å². The van der Waals surface area contributed by atoms with Crippen molar-refractivity contribution in [3.63, 3.8) is 0 Å². The predicted octanol–water partition coefficient (Wildman–Crippen LogP) is 2.62. The van der Waals surface area contributed by atoms with Crippen molar-refractivity contribution in [3.05, 3.63) is 38.9 Å². The van der Waals surface area contributed by atoms with E-state index in [1.165, 1.54) is 12.1 Å². The van der Waals surface area contributed by atoms with E-state index >= 15 is 0 Å². The first-order valence-electron chi connectivity index (χ1n) is 6.31. The first-order chi connectivity index (χ1) is 9.85. The van der Waals surface area contributed by atoms with E-state index in [0.717, 1.165) is 6.07 Å². The fourth-order valence-corrected chi connectivity index (χ4v) is 2.07. The molecule has 1 aromatic rings. The number of nitro groups is 1. The molecule has 0 fully saturated rings. The number of nitro benzene ring substituents is 1. The van der Waals surface area contributed by atoms with Gasteiger partial charge in [-0.15, -0.1) is 0 Å². The highest BCUT2D eigenvalue weighted by molar-refractivity contribution is 6.31. The maximum absolute atomic E-state index is 12.1. The van der Waals surface area contributed by atoms with Crippen molar-refractivity contribution in [2.24, 2.45) is 0 Å². The number of hydrogen-bond donors (Lipinski definition) is 2. The van der Waals surface area contributed by atoms with Gasteiger partial charge in [-0.1, -0.05) is 24.9 Å². The topological polar surface area (TPSA) is 110 Å². The molecule has 1 amide bonds. The Hall–Kier alpha value is -2.15. The zero-order chi connectivity index (χ0) is 16.0. The van der Waals surface area contributed by atoms with E-state index in [2.05, 4.69) is 5.32 Å². The second kappa shape index (κ2) is 7.58. The fourth-order valence-electron chi connectivity index (χ4n) is 1.90. The summed E-state index contributed by atoms with van der Waals surface area (Å²) in [4.78, 5) is 33.1. The van der Waals surface area contributed by atoms with Crippen molar-refractivity contribution >= 4 is 29.2 Å². The van der Waals surface area contributed by atoms with E-state index in [4.69, 9.17) is 16.7 Å². The number of hydrogen-bond acceptors (Lipinski definition) is 4. The van der Waals surface area contributed by atoms with Gasteiger partial charge in [0.15, 0.2) is 0 Å². The number of nitrogens with one attached hydrogen (secondary N) is 1. The number of carbonyl (C=O) groups is 2. The number of amides is 1. The van der Waals surface area contributed by atoms with E-state index in [1.54, 1.807) is 0 Å². The second-order valence-electron chi connectivity index (χ2n) is 4.48. The van der Waals surface area contributed by atoms with Crippen molar-refractivity contribution in [2.75, 3.05) is 0 Å². The Bertz CT molecular complexity index is 561. The Kier molecular flexibility index (Phi) is 6.10. The van der Waals surface area contributed by atoms with Crippen LogP contribution < -0.4 is 5.32 Å². The van der Waals surface area contributed by atoms with Crippen LogP contribution in [0.25, 0.3) is 0 Å². The number of halogens is 1. The van der Waals surface area contributed by atoms with E-state index in [-0.39, 0.29) is 22.7 Å². The SMILES string of the molecule is CCCC(CC(=O)O)NC(=O)c1cc(Cl)ccc1[N+](=O)[O-]. The van der Waals surface area contributed by atoms with Gasteiger partial charge in [0.1, 0.15) is 5.56 Å². The van der Waals surface area contributed by atoms with E-state index in [0.29, 0.717) is 12.8 Å². The molecule has 0 saturated carbocycles. The zero-order valence-corrected chi connectivity index (χ0v) is 12.1. The number of nitrogens with zero attached hydrogens (tertiary/aromatic N) is 1. The van der Waals surface area contributed by atoms with Gasteiger partial charge >= 0.3 is 5.97 Å². The van der Waals surface area contributed by atoms with Crippen molar-refractivity contribution in [1.82, 2.24) is 5.32 Å². The Labute approximate surface area is 126 Å². The van der Waals surface area contributed by atoms with Crippen LogP contribution in [-0.4, -0.2) is 27.9 Å². The molecule has 0 bridgehead atoms. The molecule has 0 spiro atoms. The van der Waals surface area contributed by atoms with Crippen LogP contribution in [0.4, 0.5) is 5.69 Å². The Morgan fingerprint density at radius 3 is 2.67 bits per heavy atom. The van der Waals surface area contributed by atoms with Crippen LogP contribution in [0, 0.1) is 10.1 Å². The molecule has 1 rings (SSSR count). The standard InChI is InChI=1S/C13H15ClN2O5/c1-2-3-9(7-12(17)18)15-13(19)10-6-8(14)4-5-11(10)16(20)21/h4-6,9H,2-3,7H2,1H3,(H,15,19)(H,17,18). The summed E-state index contributed by atoms with van der Waals surface area (Å²) in [6.45, 7) is 1.85. The molecule has 0 radical (unpaired) electrons. The molecule has 21 heavy (non-hydrogen) atoms. The van der Waals surface area contributed by atoms with Crippen LogP contribution in [0.1, 0.15) is 36.5 Å². The number of carboxylic acid groups (broad SMARTS) is 1. The summed E-state index contributed by atoms with van der Waals surface area (Å²) in [5.41, 5.74) is -0.554. The zero-order valence-electron chi connectivity index (χ0n) is 11.3. The van der Waals surface area contributed by atoms with Crippen LogP contribution >= 0.6 is 11.6 Å². The molecule has 2 N–H and O–H groups in total. The minimum Gasteiger partial charge on any atom is -0.481 e. The molecule has 8 heteroatoms. The minimum atomic E-state index is -1.05. The quantitative estimate of drug-likeness (QED) is 0.594. The summed E-state index contributed by atoms with van der Waals surface area (Å²) in [7, 11) is 0. The molecule has 0 heterocycles. The molecule has 0 aliphatic rings. The number of rotatable bonds is 7. The largest absolute Gasteiger partial charge is 0.481 e. The van der Waals surface area contributed by atoms with Gasteiger partial charge in [-0.05, 0) is 18.6 Å². The lowest BCUT2D eigenvalue weighted by Gasteiger charge is -2.16. The third kappa shape index (κ3) is 5.03. The number of aliphatic carboxylic acids is 1. The van der Waals surface area contributed by atoms with Crippen LogP contribution in [0.2, 0.25) is 5.02 Å². The van der Waals surface area contributed by atoms with Crippen LogP contribution in [0.15, 0.2) is 18.2 Å². The minimum absolute atomic E-state index is 0.181. The molecule has 0 aliphatic carbocycles. The molecule has 1 atom stereocenters. The Balaban J connectivity index is 2.98. The van der Waals surface area contributed by atoms with Gasteiger partial charge in [-0.3, -0.25) is 19.7 Å². The molecular formula is C13H15ClN2O5. The van der Waals surface area contributed by atoms with Crippen LogP contribution in [0.3, 0.4) is 0 Å². The molecule has 0 aromatic heterocycles. The van der Waals surface area contributed by atoms with Gasteiger partial charge in [0.2, 0.25) is 0 Å². The second-order valence-corrected chi connectivity index (χ2v) is 4.91. The summed E-state index contributed by atoms with van der Waals surface area (Å²) in [5, 5.41) is 22.4. The fraction of sp³-hybridized carbons (Fsp3) is 0.385. The molecule has 0 aliphatic heterocycles. The van der Waals surface area contributed by atoms with Gasteiger partial charge in [-0.2, -0.15) is 0 Å². The van der Waals surface area contributed by atoms with Crippen molar-refractivity contribution < 1.29 is 19.6 Å². The maximum Gasteiger partial charge on any atom is 0.305 e. The van der Waals surface area contributed by atoms with Crippen LogP contribution in [-0.2, 0) is 4.79 Å². The summed E-state index contributed by atoms with van der Waals surface area (Å²) in [5.74, 6) is -1.75. The van der Waals surface area contributed by atoms with Gasteiger partial charge < -0.3 is 10.4 Å².